The predicted octanol–water partition coefficient (Wildman–Crippen LogP) is 1.85. The number of carbonyl (C=O) groups is 1. The molecule has 144 valence electrons. The van der Waals surface area contributed by atoms with E-state index in [0.717, 1.165) is 31.9 Å². The zero-order valence-corrected chi connectivity index (χ0v) is 15.1. The summed E-state index contributed by atoms with van der Waals surface area (Å²) < 4.78 is 18.3. The van der Waals surface area contributed by atoms with E-state index in [2.05, 4.69) is 15.1 Å². The molecule has 3 rings (SSSR count). The summed E-state index contributed by atoms with van der Waals surface area (Å²) in [6.45, 7) is 4.40. The number of benzene rings is 2. The number of anilines is 1. The molecule has 0 aliphatic carbocycles. The molecule has 2 aromatic carbocycles. The Hall–Kier alpha value is -2.80. The minimum atomic E-state index is -0.304. The molecule has 0 atom stereocenters. The number of nitrogens with zero attached hydrogens (tertiary/aromatic N) is 2. The maximum Gasteiger partial charge on any atom is 0.234 e. The molecule has 7 heteroatoms. The van der Waals surface area contributed by atoms with Crippen LogP contribution in [0.5, 0.6) is 11.5 Å². The van der Waals surface area contributed by atoms with Gasteiger partial charge in [-0.2, -0.15) is 0 Å². The Morgan fingerprint density at radius 2 is 1.70 bits per heavy atom. The lowest BCUT2D eigenvalue weighted by Gasteiger charge is -2.35. The zero-order valence-electron chi connectivity index (χ0n) is 15.1. The number of rotatable bonds is 7. The van der Waals surface area contributed by atoms with Crippen molar-refractivity contribution in [2.24, 2.45) is 0 Å². The maximum atomic E-state index is 12.8. The first-order chi connectivity index (χ1) is 13.1. The van der Waals surface area contributed by atoms with E-state index < -0.39 is 0 Å². The summed E-state index contributed by atoms with van der Waals surface area (Å²) in [5, 5.41) is 12.2. The lowest BCUT2D eigenvalue weighted by atomic mass is 10.2. The Morgan fingerprint density at radius 3 is 2.37 bits per heavy atom. The molecule has 0 unspecified atom stereocenters. The number of aromatic hydroxyl groups is 1. The summed E-state index contributed by atoms with van der Waals surface area (Å²) >= 11 is 0. The Labute approximate surface area is 158 Å². The molecule has 2 N–H and O–H groups in total. The van der Waals surface area contributed by atoms with E-state index in [1.807, 2.05) is 12.1 Å². The number of hydrogen-bond donors (Lipinski definition) is 2. The van der Waals surface area contributed by atoms with Crippen molar-refractivity contribution in [1.29, 1.82) is 0 Å². The summed E-state index contributed by atoms with van der Waals surface area (Å²) in [5.74, 6) is 0.505. The molecule has 1 aliphatic heterocycles. The first-order valence-corrected chi connectivity index (χ1v) is 9.01. The van der Waals surface area contributed by atoms with Crippen LogP contribution in [0.1, 0.15) is 0 Å². The summed E-state index contributed by atoms with van der Waals surface area (Å²) in [4.78, 5) is 16.4. The minimum absolute atomic E-state index is 0.0317. The third kappa shape index (κ3) is 5.86. The summed E-state index contributed by atoms with van der Waals surface area (Å²) in [6, 6.07) is 13.0. The van der Waals surface area contributed by atoms with Crippen molar-refractivity contribution in [3.63, 3.8) is 0 Å². The molecule has 0 spiro atoms. The van der Waals surface area contributed by atoms with Crippen LogP contribution in [0.25, 0.3) is 0 Å². The van der Waals surface area contributed by atoms with E-state index in [4.69, 9.17) is 4.74 Å². The SMILES string of the molecule is O=C(CN1CCN(c2ccc(O)cc2)CC1)NCCOc1ccc(F)cc1. The normalized spacial score (nSPS) is 14.8. The van der Waals surface area contributed by atoms with Crippen LogP contribution in [0.4, 0.5) is 10.1 Å². The largest absolute Gasteiger partial charge is 0.508 e. The summed E-state index contributed by atoms with van der Waals surface area (Å²) in [7, 11) is 0. The molecule has 27 heavy (non-hydrogen) atoms. The number of nitrogens with one attached hydrogen (secondary N) is 1. The van der Waals surface area contributed by atoms with Crippen LogP contribution in [-0.2, 0) is 4.79 Å². The highest BCUT2D eigenvalue weighted by Crippen LogP contribution is 2.19. The molecule has 1 amide bonds. The maximum absolute atomic E-state index is 12.8. The van der Waals surface area contributed by atoms with Crippen LogP contribution in [0.3, 0.4) is 0 Å². The molecule has 1 heterocycles. The molecule has 0 radical (unpaired) electrons. The second kappa shape index (κ2) is 9.23. The van der Waals surface area contributed by atoms with Crippen molar-refractivity contribution in [3.05, 3.63) is 54.3 Å². The third-order valence-electron chi connectivity index (χ3n) is 4.46. The van der Waals surface area contributed by atoms with Gasteiger partial charge >= 0.3 is 0 Å². The molecule has 1 aliphatic rings. The number of phenolic OH excluding ortho intramolecular Hbond substituents is 1. The highest BCUT2D eigenvalue weighted by Gasteiger charge is 2.19. The molecular weight excluding hydrogens is 349 g/mol. The van der Waals surface area contributed by atoms with Gasteiger partial charge in [0.15, 0.2) is 0 Å². The van der Waals surface area contributed by atoms with E-state index in [1.165, 1.54) is 12.1 Å². The van der Waals surface area contributed by atoms with E-state index >= 15 is 0 Å². The smallest absolute Gasteiger partial charge is 0.234 e. The topological polar surface area (TPSA) is 65.0 Å². The van der Waals surface area contributed by atoms with Gasteiger partial charge in [-0.05, 0) is 48.5 Å². The van der Waals surface area contributed by atoms with Crippen LogP contribution in [-0.4, -0.2) is 61.8 Å². The first-order valence-electron chi connectivity index (χ1n) is 9.01. The van der Waals surface area contributed by atoms with Gasteiger partial charge in [0.2, 0.25) is 5.91 Å². The minimum Gasteiger partial charge on any atom is -0.508 e. The number of amides is 1. The molecule has 6 nitrogen and oxygen atoms in total. The lowest BCUT2D eigenvalue weighted by molar-refractivity contribution is -0.122. The van der Waals surface area contributed by atoms with E-state index in [9.17, 15) is 14.3 Å². The molecule has 1 saturated heterocycles. The van der Waals surface area contributed by atoms with Gasteiger partial charge < -0.3 is 20.1 Å². The van der Waals surface area contributed by atoms with E-state index in [-0.39, 0.29) is 17.5 Å². The number of ether oxygens (including phenoxy) is 1. The Bertz CT molecular complexity index is 729. The number of carbonyl (C=O) groups excluding carboxylic acids is 1. The van der Waals surface area contributed by atoms with Crippen LogP contribution >= 0.6 is 0 Å². The van der Waals surface area contributed by atoms with Crippen LogP contribution in [0.2, 0.25) is 0 Å². The fraction of sp³-hybridized carbons (Fsp3) is 0.350. The molecule has 0 aromatic heterocycles. The number of halogens is 1. The second-order valence-corrected chi connectivity index (χ2v) is 6.43. The van der Waals surface area contributed by atoms with Crippen molar-refractivity contribution in [3.8, 4) is 11.5 Å². The van der Waals surface area contributed by atoms with Crippen LogP contribution in [0, 0.1) is 5.82 Å². The van der Waals surface area contributed by atoms with Gasteiger partial charge in [-0.25, -0.2) is 4.39 Å². The van der Waals surface area contributed by atoms with Gasteiger partial charge in [0, 0.05) is 31.9 Å². The van der Waals surface area contributed by atoms with Gasteiger partial charge in [0.1, 0.15) is 23.9 Å². The van der Waals surface area contributed by atoms with Crippen molar-refractivity contribution in [1.82, 2.24) is 10.2 Å². The van der Waals surface area contributed by atoms with E-state index in [1.54, 1.807) is 24.3 Å². The monoisotopic (exact) mass is 373 g/mol. The second-order valence-electron chi connectivity index (χ2n) is 6.43. The van der Waals surface area contributed by atoms with Crippen molar-refractivity contribution < 1.29 is 19.0 Å². The Balaban J connectivity index is 1.32. The highest BCUT2D eigenvalue weighted by atomic mass is 19.1. The number of hydrogen-bond acceptors (Lipinski definition) is 5. The van der Waals surface area contributed by atoms with Gasteiger partial charge in [-0.15, -0.1) is 0 Å². The third-order valence-corrected chi connectivity index (χ3v) is 4.46. The number of phenols is 1. The zero-order chi connectivity index (χ0) is 19.1. The molecule has 0 bridgehead atoms. The quantitative estimate of drug-likeness (QED) is 0.725. The van der Waals surface area contributed by atoms with Gasteiger partial charge in [-0.1, -0.05) is 0 Å². The standard InChI is InChI=1S/C20H24FN3O3/c21-16-1-7-19(8-2-16)27-14-9-22-20(26)15-23-10-12-24(13-11-23)17-3-5-18(25)6-4-17/h1-8,25H,9-15H2,(H,22,26). The average molecular weight is 373 g/mol. The first kappa shape index (κ1) is 19.0. The average Bonchev–Trinajstić information content (AvgIpc) is 2.68. The highest BCUT2D eigenvalue weighted by molar-refractivity contribution is 5.78. The molecular formula is C20H24FN3O3. The predicted molar refractivity (Wildman–Crippen MR) is 102 cm³/mol. The van der Waals surface area contributed by atoms with Gasteiger partial charge in [-0.3, -0.25) is 9.69 Å². The van der Waals surface area contributed by atoms with Crippen molar-refractivity contribution in [2.45, 2.75) is 0 Å². The fourth-order valence-electron chi connectivity index (χ4n) is 2.98. The lowest BCUT2D eigenvalue weighted by Crippen LogP contribution is -2.49. The Morgan fingerprint density at radius 1 is 1.04 bits per heavy atom. The Kier molecular flexibility index (Phi) is 6.49. The van der Waals surface area contributed by atoms with Crippen LogP contribution < -0.4 is 15.0 Å². The molecule has 1 fully saturated rings. The van der Waals surface area contributed by atoms with Crippen molar-refractivity contribution in [2.75, 3.05) is 50.8 Å². The number of piperazine rings is 1. The summed E-state index contributed by atoms with van der Waals surface area (Å²) in [5.41, 5.74) is 1.08. The summed E-state index contributed by atoms with van der Waals surface area (Å²) in [6.07, 6.45) is 0. The van der Waals surface area contributed by atoms with Gasteiger partial charge in [0.05, 0.1) is 13.1 Å². The fourth-order valence-corrected chi connectivity index (χ4v) is 2.98. The van der Waals surface area contributed by atoms with Gasteiger partial charge in [0.25, 0.3) is 0 Å². The van der Waals surface area contributed by atoms with Crippen LogP contribution in [0.15, 0.2) is 48.5 Å². The molecule has 2 aromatic rings. The van der Waals surface area contributed by atoms with E-state index in [0.29, 0.717) is 25.4 Å². The molecule has 0 saturated carbocycles. The van der Waals surface area contributed by atoms with Crippen molar-refractivity contribution >= 4 is 11.6 Å².